The van der Waals surface area contributed by atoms with E-state index in [2.05, 4.69) is 93.4 Å². The molecule has 1 aromatic heterocycles. The first-order valence-electron chi connectivity index (χ1n) is 10.1. The van der Waals surface area contributed by atoms with Gasteiger partial charge in [-0.3, -0.25) is 9.80 Å². The summed E-state index contributed by atoms with van der Waals surface area (Å²) in [6.45, 7) is 7.69. The van der Waals surface area contributed by atoms with Crippen molar-refractivity contribution in [1.82, 2.24) is 9.80 Å². The summed E-state index contributed by atoms with van der Waals surface area (Å²) >= 11 is 4.18. The van der Waals surface area contributed by atoms with Gasteiger partial charge in [0.25, 0.3) is 0 Å². The van der Waals surface area contributed by atoms with E-state index in [0.29, 0.717) is 17.8 Å². The molecule has 1 aliphatic rings. The summed E-state index contributed by atoms with van der Waals surface area (Å²) in [4.78, 5) is 5.21. The van der Waals surface area contributed by atoms with Crippen LogP contribution in [0.3, 0.4) is 0 Å². The minimum atomic E-state index is 0.171. The van der Waals surface area contributed by atoms with E-state index < -0.39 is 0 Å². The Hall–Kier alpha value is -1.41. The number of hydrogen-bond acceptors (Lipinski definition) is 4. The highest BCUT2D eigenvalue weighted by atomic mass is 127. The molecule has 1 saturated heterocycles. The third-order valence-electron chi connectivity index (χ3n) is 5.87. The van der Waals surface area contributed by atoms with Gasteiger partial charge >= 0.3 is 0 Å². The van der Waals surface area contributed by atoms with Crippen molar-refractivity contribution in [3.63, 3.8) is 0 Å². The molecule has 152 valence electrons. The maximum Gasteiger partial charge on any atom is 0.115 e. The molecule has 2 aromatic carbocycles. The Bertz CT molecular complexity index is 946. The first-order valence-corrected chi connectivity index (χ1v) is 12.1. The van der Waals surface area contributed by atoms with E-state index in [9.17, 15) is 5.11 Å². The topological polar surface area (TPSA) is 26.7 Å². The zero-order valence-corrected chi connectivity index (χ0v) is 19.8. The zero-order valence-electron chi connectivity index (χ0n) is 16.8. The van der Waals surface area contributed by atoms with Gasteiger partial charge in [0.1, 0.15) is 5.75 Å². The molecule has 0 spiro atoms. The molecule has 4 rings (SSSR count). The number of benzene rings is 2. The van der Waals surface area contributed by atoms with Gasteiger partial charge < -0.3 is 5.11 Å². The second kappa shape index (κ2) is 9.16. The molecule has 0 radical (unpaired) electrons. The monoisotopic (exact) mass is 518 g/mol. The van der Waals surface area contributed by atoms with Crippen molar-refractivity contribution in [3.8, 4) is 5.75 Å². The molecule has 29 heavy (non-hydrogen) atoms. The normalized spacial score (nSPS) is 21.9. The Morgan fingerprint density at radius 3 is 2.59 bits per heavy atom. The summed E-state index contributed by atoms with van der Waals surface area (Å²) in [5.41, 5.74) is 3.88. The first kappa shape index (κ1) is 20.8. The van der Waals surface area contributed by atoms with Crippen molar-refractivity contribution in [2.45, 2.75) is 38.5 Å². The smallest absolute Gasteiger partial charge is 0.115 e. The van der Waals surface area contributed by atoms with Crippen molar-refractivity contribution >= 4 is 33.9 Å². The van der Waals surface area contributed by atoms with Crippen molar-refractivity contribution in [1.29, 1.82) is 0 Å². The summed E-state index contributed by atoms with van der Waals surface area (Å²) in [5.74, 6) is 0.334. The molecule has 0 bridgehead atoms. The number of hydrogen-bond donors (Lipinski definition) is 1. The number of rotatable bonds is 5. The number of thiophene rings is 1. The Labute approximate surface area is 191 Å². The summed E-state index contributed by atoms with van der Waals surface area (Å²) in [6, 6.07) is 19.7. The number of piperazine rings is 1. The average Bonchev–Trinajstić information content (AvgIpc) is 3.22. The van der Waals surface area contributed by atoms with Gasteiger partial charge in [-0.15, -0.1) is 0 Å². The van der Waals surface area contributed by atoms with Gasteiger partial charge in [-0.2, -0.15) is 11.3 Å². The minimum Gasteiger partial charge on any atom is -0.508 e. The molecular weight excluding hydrogens is 491 g/mol. The quantitative estimate of drug-likeness (QED) is 0.437. The third-order valence-corrected chi connectivity index (χ3v) is 7.62. The molecule has 0 amide bonds. The number of aromatic hydroxyl groups is 1. The van der Waals surface area contributed by atoms with Gasteiger partial charge in [-0.1, -0.05) is 30.3 Å². The van der Waals surface area contributed by atoms with Gasteiger partial charge in [0.15, 0.2) is 0 Å². The molecule has 1 aliphatic heterocycles. The van der Waals surface area contributed by atoms with E-state index in [0.717, 1.165) is 25.2 Å². The minimum absolute atomic E-state index is 0.171. The fraction of sp³-hybridized carbons (Fsp3) is 0.333. The fourth-order valence-corrected chi connectivity index (χ4v) is 5.59. The summed E-state index contributed by atoms with van der Waals surface area (Å²) in [6.07, 6.45) is 0. The van der Waals surface area contributed by atoms with Crippen molar-refractivity contribution in [2.75, 3.05) is 13.1 Å². The highest BCUT2D eigenvalue weighted by Gasteiger charge is 2.35. The maximum absolute atomic E-state index is 10.1. The molecule has 0 aliphatic carbocycles. The van der Waals surface area contributed by atoms with Crippen LogP contribution < -0.4 is 0 Å². The predicted molar refractivity (Wildman–Crippen MR) is 129 cm³/mol. The molecule has 1 fully saturated rings. The third kappa shape index (κ3) is 4.68. The van der Waals surface area contributed by atoms with Crippen molar-refractivity contribution in [2.24, 2.45) is 0 Å². The van der Waals surface area contributed by atoms with E-state index >= 15 is 0 Å². The average molecular weight is 518 g/mol. The SMILES string of the molecule is C[C@@H]1CN([C@H](c2ccsc2)c2cccc(O)c2)[C@@H](C)CN1Cc1ccccc1I. The van der Waals surface area contributed by atoms with Gasteiger partial charge in [0.05, 0.1) is 6.04 Å². The highest BCUT2D eigenvalue weighted by Crippen LogP contribution is 2.35. The molecular formula is C24H27IN2OS. The first-order chi connectivity index (χ1) is 14.0. The molecule has 3 aromatic rings. The second-order valence-corrected chi connectivity index (χ2v) is 9.91. The predicted octanol–water partition coefficient (Wildman–Crippen LogP) is 5.74. The van der Waals surface area contributed by atoms with Gasteiger partial charge in [0.2, 0.25) is 0 Å². The lowest BCUT2D eigenvalue weighted by Crippen LogP contribution is -2.56. The standard InChI is InChI=1S/C24H27IN2OS/c1-17-14-27(18(2)13-26(17)15-20-6-3-4-9-23(20)25)24(21-10-11-29-16-21)19-7-5-8-22(28)12-19/h3-12,16-18,24,28H,13-15H2,1-2H3/t17-,18+,24+/m1/s1. The van der Waals surface area contributed by atoms with Crippen LogP contribution >= 0.6 is 33.9 Å². The number of phenolic OH excluding ortho intramolecular Hbond substituents is 1. The zero-order chi connectivity index (χ0) is 20.4. The van der Waals surface area contributed by atoms with E-state index in [1.165, 1.54) is 14.7 Å². The molecule has 3 atom stereocenters. The number of phenols is 1. The van der Waals surface area contributed by atoms with Crippen LogP contribution in [0.4, 0.5) is 0 Å². The summed E-state index contributed by atoms with van der Waals surface area (Å²) < 4.78 is 1.34. The molecule has 0 unspecified atom stereocenters. The molecule has 3 nitrogen and oxygen atoms in total. The lowest BCUT2D eigenvalue weighted by Gasteiger charge is -2.47. The van der Waals surface area contributed by atoms with Crippen LogP contribution in [-0.2, 0) is 6.54 Å². The van der Waals surface area contributed by atoms with E-state index in [-0.39, 0.29) is 6.04 Å². The van der Waals surface area contributed by atoms with Crippen LogP contribution in [0, 0.1) is 3.57 Å². The van der Waals surface area contributed by atoms with Crippen LogP contribution in [0.15, 0.2) is 65.4 Å². The number of nitrogens with zero attached hydrogens (tertiary/aromatic N) is 2. The van der Waals surface area contributed by atoms with Crippen molar-refractivity contribution < 1.29 is 5.11 Å². The van der Waals surface area contributed by atoms with Crippen LogP contribution in [-0.4, -0.2) is 40.1 Å². The fourth-order valence-electron chi connectivity index (χ4n) is 4.35. The van der Waals surface area contributed by atoms with Gasteiger partial charge in [-0.25, -0.2) is 0 Å². The largest absolute Gasteiger partial charge is 0.508 e. The molecule has 2 heterocycles. The van der Waals surface area contributed by atoms with Crippen LogP contribution in [0.1, 0.15) is 36.6 Å². The van der Waals surface area contributed by atoms with Crippen LogP contribution in [0.2, 0.25) is 0 Å². The molecule has 5 heteroatoms. The molecule has 0 saturated carbocycles. The Morgan fingerprint density at radius 1 is 1.03 bits per heavy atom. The Morgan fingerprint density at radius 2 is 1.86 bits per heavy atom. The van der Waals surface area contributed by atoms with Gasteiger partial charge in [-0.05, 0) is 88.2 Å². The van der Waals surface area contributed by atoms with E-state index in [4.69, 9.17) is 0 Å². The maximum atomic E-state index is 10.1. The Balaban J connectivity index is 1.58. The highest BCUT2D eigenvalue weighted by molar-refractivity contribution is 14.1. The van der Waals surface area contributed by atoms with E-state index in [1.807, 2.05) is 12.1 Å². The number of halogens is 1. The molecule has 1 N–H and O–H groups in total. The summed E-state index contributed by atoms with van der Waals surface area (Å²) in [7, 11) is 0. The van der Waals surface area contributed by atoms with Crippen LogP contribution in [0.25, 0.3) is 0 Å². The second-order valence-electron chi connectivity index (χ2n) is 7.97. The van der Waals surface area contributed by atoms with Crippen molar-refractivity contribution in [3.05, 3.63) is 85.6 Å². The van der Waals surface area contributed by atoms with Gasteiger partial charge in [0, 0.05) is 35.3 Å². The lowest BCUT2D eigenvalue weighted by atomic mass is 9.95. The van der Waals surface area contributed by atoms with Crippen LogP contribution in [0.5, 0.6) is 5.75 Å². The lowest BCUT2D eigenvalue weighted by molar-refractivity contribution is 0.0195. The summed E-state index contributed by atoms with van der Waals surface area (Å²) in [5, 5.41) is 14.5. The van der Waals surface area contributed by atoms with E-state index in [1.54, 1.807) is 17.4 Å². The Kier molecular flexibility index (Phi) is 6.59.